The summed E-state index contributed by atoms with van der Waals surface area (Å²) in [7, 11) is 0. The molecule has 194 valence electrons. The van der Waals surface area contributed by atoms with Gasteiger partial charge < -0.3 is 10.4 Å². The standard InChI is InChI=1S/C21H17F6N9O/c1-10-34-35-16(19(2,3)37)36(10)18-32-15(12-5-4-6-13(30-12)20(22,23)24)31-17(33-18)29-11-7-8-28-14(9-11)21(25,26)27/h4-9,37H,1-3H3,(H,28,29,31,32,33). The first-order valence-electron chi connectivity index (χ1n) is 10.4. The fourth-order valence-electron chi connectivity index (χ4n) is 3.14. The molecule has 0 saturated heterocycles. The number of pyridine rings is 2. The van der Waals surface area contributed by atoms with E-state index >= 15 is 0 Å². The Morgan fingerprint density at radius 3 is 2.22 bits per heavy atom. The summed E-state index contributed by atoms with van der Waals surface area (Å²) in [6.07, 6.45) is -8.56. The normalized spacial score (nSPS) is 12.6. The van der Waals surface area contributed by atoms with E-state index in [2.05, 4.69) is 40.4 Å². The van der Waals surface area contributed by atoms with Crippen molar-refractivity contribution in [3.05, 3.63) is 59.6 Å². The summed E-state index contributed by atoms with van der Waals surface area (Å²) in [4.78, 5) is 19.3. The average Bonchev–Trinajstić information content (AvgIpc) is 3.20. The number of nitrogens with one attached hydrogen (secondary N) is 1. The zero-order valence-corrected chi connectivity index (χ0v) is 19.3. The first-order valence-corrected chi connectivity index (χ1v) is 10.4. The number of hydrogen-bond donors (Lipinski definition) is 2. The smallest absolute Gasteiger partial charge is 0.382 e. The molecule has 4 aromatic rings. The number of hydrogen-bond acceptors (Lipinski definition) is 9. The molecule has 0 amide bonds. The molecule has 0 atom stereocenters. The maximum Gasteiger partial charge on any atom is 0.433 e. The fourth-order valence-corrected chi connectivity index (χ4v) is 3.14. The van der Waals surface area contributed by atoms with Crippen molar-refractivity contribution in [2.75, 3.05) is 5.32 Å². The summed E-state index contributed by atoms with van der Waals surface area (Å²) in [5, 5.41) is 20.9. The largest absolute Gasteiger partial charge is 0.433 e. The van der Waals surface area contributed by atoms with Crippen LogP contribution < -0.4 is 5.32 Å². The van der Waals surface area contributed by atoms with Crippen molar-refractivity contribution in [3.8, 4) is 17.5 Å². The molecule has 0 aliphatic heterocycles. The molecule has 2 N–H and O–H groups in total. The second-order valence-corrected chi connectivity index (χ2v) is 8.21. The van der Waals surface area contributed by atoms with Gasteiger partial charge in [0.2, 0.25) is 11.9 Å². The molecular weight excluding hydrogens is 508 g/mol. The molecule has 10 nitrogen and oxygen atoms in total. The molecule has 0 saturated carbocycles. The van der Waals surface area contributed by atoms with Crippen LogP contribution >= 0.6 is 0 Å². The van der Waals surface area contributed by atoms with E-state index in [1.807, 2.05) is 0 Å². The number of anilines is 2. The van der Waals surface area contributed by atoms with Crippen LogP contribution in [0, 0.1) is 6.92 Å². The summed E-state index contributed by atoms with van der Waals surface area (Å²) < 4.78 is 80.3. The summed E-state index contributed by atoms with van der Waals surface area (Å²) in [5.74, 6) is -0.683. The lowest BCUT2D eigenvalue weighted by atomic mass is 10.1. The average molecular weight is 525 g/mol. The predicted molar refractivity (Wildman–Crippen MR) is 115 cm³/mol. The van der Waals surface area contributed by atoms with Crippen molar-refractivity contribution >= 4 is 11.6 Å². The Bertz CT molecular complexity index is 1440. The van der Waals surface area contributed by atoms with Crippen LogP contribution in [-0.2, 0) is 18.0 Å². The molecule has 0 spiro atoms. The zero-order valence-electron chi connectivity index (χ0n) is 19.3. The predicted octanol–water partition coefficient (Wildman–Crippen LogP) is 4.23. The molecule has 4 rings (SSSR count). The van der Waals surface area contributed by atoms with Crippen LogP contribution in [0.2, 0.25) is 0 Å². The molecule has 0 unspecified atom stereocenters. The molecule has 0 fully saturated rings. The highest BCUT2D eigenvalue weighted by Gasteiger charge is 2.34. The summed E-state index contributed by atoms with van der Waals surface area (Å²) in [6.45, 7) is 4.34. The monoisotopic (exact) mass is 525 g/mol. The SMILES string of the molecule is Cc1nnc(C(C)(C)O)n1-c1nc(Nc2ccnc(C(F)(F)F)c2)nc(-c2cccc(C(F)(F)F)n2)n1. The Morgan fingerprint density at radius 2 is 1.57 bits per heavy atom. The second-order valence-electron chi connectivity index (χ2n) is 8.21. The topological polar surface area (TPSA) is 127 Å². The van der Waals surface area contributed by atoms with Crippen molar-refractivity contribution in [1.82, 2.24) is 39.7 Å². The van der Waals surface area contributed by atoms with E-state index in [0.29, 0.717) is 6.07 Å². The lowest BCUT2D eigenvalue weighted by Crippen LogP contribution is -2.23. The van der Waals surface area contributed by atoms with Gasteiger partial charge >= 0.3 is 12.4 Å². The first-order chi connectivity index (χ1) is 17.1. The number of nitrogens with zero attached hydrogens (tertiary/aromatic N) is 8. The van der Waals surface area contributed by atoms with E-state index < -0.39 is 29.3 Å². The van der Waals surface area contributed by atoms with Crippen molar-refractivity contribution < 1.29 is 31.4 Å². The fraction of sp³-hybridized carbons (Fsp3) is 0.286. The second kappa shape index (κ2) is 9.02. The van der Waals surface area contributed by atoms with E-state index in [0.717, 1.165) is 18.3 Å². The van der Waals surface area contributed by atoms with Gasteiger partial charge in [0.25, 0.3) is 0 Å². The van der Waals surface area contributed by atoms with Crippen LogP contribution in [0.5, 0.6) is 0 Å². The van der Waals surface area contributed by atoms with Crippen LogP contribution in [0.3, 0.4) is 0 Å². The van der Waals surface area contributed by atoms with Crippen molar-refractivity contribution in [2.45, 2.75) is 38.7 Å². The molecule has 0 aliphatic carbocycles. The van der Waals surface area contributed by atoms with Gasteiger partial charge in [-0.1, -0.05) is 6.07 Å². The van der Waals surface area contributed by atoms with Gasteiger partial charge in [-0.15, -0.1) is 10.2 Å². The quantitative estimate of drug-likeness (QED) is 0.368. The van der Waals surface area contributed by atoms with E-state index in [4.69, 9.17) is 0 Å². The number of aliphatic hydroxyl groups is 1. The highest BCUT2D eigenvalue weighted by molar-refractivity contribution is 5.58. The van der Waals surface area contributed by atoms with Gasteiger partial charge in [-0.3, -0.25) is 4.98 Å². The Hall–Kier alpha value is -4.21. The molecule has 37 heavy (non-hydrogen) atoms. The van der Waals surface area contributed by atoms with Gasteiger partial charge in [-0.25, -0.2) is 9.55 Å². The molecule has 0 radical (unpaired) electrons. The zero-order chi connectivity index (χ0) is 27.2. The van der Waals surface area contributed by atoms with Crippen LogP contribution in [0.25, 0.3) is 17.5 Å². The maximum absolute atomic E-state index is 13.2. The highest BCUT2D eigenvalue weighted by Crippen LogP contribution is 2.31. The molecule has 0 aromatic carbocycles. The third-order valence-corrected chi connectivity index (χ3v) is 4.77. The van der Waals surface area contributed by atoms with E-state index in [1.54, 1.807) is 0 Å². The van der Waals surface area contributed by atoms with Gasteiger partial charge in [0.05, 0.1) is 0 Å². The molecule has 0 aliphatic rings. The molecule has 0 bridgehead atoms. The van der Waals surface area contributed by atoms with Crippen molar-refractivity contribution in [3.63, 3.8) is 0 Å². The third-order valence-electron chi connectivity index (χ3n) is 4.77. The maximum atomic E-state index is 13.2. The van der Waals surface area contributed by atoms with Gasteiger partial charge in [0.1, 0.15) is 28.5 Å². The Labute approximate surface area is 204 Å². The van der Waals surface area contributed by atoms with Crippen LogP contribution in [0.4, 0.5) is 38.0 Å². The molecule has 4 aromatic heterocycles. The van der Waals surface area contributed by atoms with Crippen LogP contribution in [-0.4, -0.2) is 44.8 Å². The minimum Gasteiger partial charge on any atom is -0.382 e. The van der Waals surface area contributed by atoms with E-state index in [1.165, 1.54) is 37.5 Å². The van der Waals surface area contributed by atoms with Crippen molar-refractivity contribution in [1.29, 1.82) is 0 Å². The van der Waals surface area contributed by atoms with Crippen LogP contribution in [0.1, 0.15) is 36.9 Å². The molecular formula is C21H17F6N9O. The lowest BCUT2D eigenvalue weighted by molar-refractivity contribution is -0.141. The number of aromatic nitrogens is 8. The lowest BCUT2D eigenvalue weighted by Gasteiger charge is -2.18. The minimum absolute atomic E-state index is 0.00614. The van der Waals surface area contributed by atoms with Gasteiger partial charge in [-0.2, -0.15) is 41.3 Å². The van der Waals surface area contributed by atoms with E-state index in [-0.39, 0.29) is 40.8 Å². The summed E-state index contributed by atoms with van der Waals surface area (Å²) in [6, 6.07) is 5.01. The Kier molecular flexibility index (Phi) is 6.31. The van der Waals surface area contributed by atoms with E-state index in [9.17, 15) is 31.4 Å². The Balaban J connectivity index is 1.89. The van der Waals surface area contributed by atoms with Crippen LogP contribution in [0.15, 0.2) is 36.5 Å². The van der Waals surface area contributed by atoms with Crippen molar-refractivity contribution in [2.24, 2.45) is 0 Å². The highest BCUT2D eigenvalue weighted by atomic mass is 19.4. The van der Waals surface area contributed by atoms with Gasteiger partial charge in [0, 0.05) is 11.9 Å². The third kappa shape index (κ3) is 5.63. The molecule has 16 heteroatoms. The number of halogens is 6. The first kappa shape index (κ1) is 25.9. The Morgan fingerprint density at radius 1 is 0.865 bits per heavy atom. The summed E-state index contributed by atoms with van der Waals surface area (Å²) in [5.41, 5.74) is -4.33. The number of rotatable bonds is 5. The number of aryl methyl sites for hydroxylation is 1. The van der Waals surface area contributed by atoms with Gasteiger partial charge in [0.15, 0.2) is 11.6 Å². The van der Waals surface area contributed by atoms with Gasteiger partial charge in [-0.05, 0) is 45.0 Å². The minimum atomic E-state index is -4.75. The molecule has 4 heterocycles. The number of alkyl halides is 6. The summed E-state index contributed by atoms with van der Waals surface area (Å²) >= 11 is 0.